The highest BCUT2D eigenvalue weighted by atomic mass is 16.7. The van der Waals surface area contributed by atoms with Crippen LogP contribution in [0.2, 0.25) is 0 Å². The Bertz CT molecular complexity index is 1430. The number of carbonyl (C=O) groups excluding carboxylic acids is 2. The number of hydrogen-bond acceptors (Lipinski definition) is 10. The lowest BCUT2D eigenvalue weighted by atomic mass is 9.99. The average Bonchev–Trinajstić information content (AvgIpc) is 3.54. The minimum Gasteiger partial charge on any atom is -0.466 e. The van der Waals surface area contributed by atoms with Crippen LogP contribution < -0.4 is 5.32 Å². The van der Waals surface area contributed by atoms with Gasteiger partial charge in [0.1, 0.15) is 24.4 Å². The molecule has 1 saturated heterocycles. The van der Waals surface area contributed by atoms with E-state index in [1.54, 1.807) is 6.08 Å². The summed E-state index contributed by atoms with van der Waals surface area (Å²) >= 11 is 0. The van der Waals surface area contributed by atoms with Crippen LogP contribution in [0.3, 0.4) is 0 Å². The summed E-state index contributed by atoms with van der Waals surface area (Å²) in [6.45, 7) is 4.34. The van der Waals surface area contributed by atoms with Crippen molar-refractivity contribution in [2.24, 2.45) is 0 Å². The number of amides is 1. The fraction of sp³-hybridized carbons (Fsp3) is 0.917. The van der Waals surface area contributed by atoms with Crippen molar-refractivity contribution < 1.29 is 49.3 Å². The van der Waals surface area contributed by atoms with E-state index in [2.05, 4.69) is 31.3 Å². The van der Waals surface area contributed by atoms with Gasteiger partial charge in [-0.15, -0.1) is 0 Å². The third kappa shape index (κ3) is 50.8. The normalized spacial score (nSPS) is 18.2. The Morgan fingerprint density at radius 1 is 0.434 bits per heavy atom. The summed E-state index contributed by atoms with van der Waals surface area (Å²) in [5.74, 6) is -0.172. The number of unbranched alkanes of at least 4 members (excludes halogenated alkanes) is 48. The predicted octanol–water partition coefficient (Wildman–Crippen LogP) is 18.4. The van der Waals surface area contributed by atoms with Crippen molar-refractivity contribution in [3.05, 3.63) is 24.3 Å². The fourth-order valence-corrected chi connectivity index (χ4v) is 11.6. The van der Waals surface area contributed by atoms with E-state index in [-0.39, 0.29) is 18.5 Å². The number of rotatable bonds is 64. The smallest absolute Gasteiger partial charge is 0.305 e. The molecule has 0 spiro atoms. The molecule has 490 valence electrons. The Hall–Kier alpha value is -1.86. The van der Waals surface area contributed by atoms with Crippen molar-refractivity contribution in [1.29, 1.82) is 0 Å². The number of allylic oxidation sites excluding steroid dienone is 3. The summed E-state index contributed by atoms with van der Waals surface area (Å²) in [6, 6.07) is -0.804. The van der Waals surface area contributed by atoms with Crippen LogP contribution in [0, 0.1) is 0 Å². The van der Waals surface area contributed by atoms with Crippen molar-refractivity contribution in [2.75, 3.05) is 19.8 Å². The van der Waals surface area contributed by atoms with Crippen molar-refractivity contribution >= 4 is 11.9 Å². The lowest BCUT2D eigenvalue weighted by Gasteiger charge is -2.40. The molecule has 0 aromatic rings. The molecule has 1 amide bonds. The van der Waals surface area contributed by atoms with Crippen LogP contribution in [0.5, 0.6) is 0 Å². The molecule has 83 heavy (non-hydrogen) atoms. The zero-order chi connectivity index (χ0) is 60.2. The first-order chi connectivity index (χ1) is 40.7. The van der Waals surface area contributed by atoms with Gasteiger partial charge in [-0.3, -0.25) is 9.59 Å². The molecule has 0 aromatic carbocycles. The Balaban J connectivity index is 1.88. The number of hydrogen-bond donors (Lipinski definition) is 6. The van der Waals surface area contributed by atoms with Gasteiger partial charge >= 0.3 is 5.97 Å². The zero-order valence-corrected chi connectivity index (χ0v) is 54.4. The third-order valence-electron chi connectivity index (χ3n) is 17.3. The Morgan fingerprint density at radius 3 is 1.17 bits per heavy atom. The van der Waals surface area contributed by atoms with Crippen LogP contribution in [-0.2, 0) is 23.8 Å². The molecule has 0 aromatic heterocycles. The van der Waals surface area contributed by atoms with E-state index in [4.69, 9.17) is 14.2 Å². The van der Waals surface area contributed by atoms with Gasteiger partial charge in [0.15, 0.2) is 6.29 Å². The zero-order valence-electron chi connectivity index (χ0n) is 54.4. The van der Waals surface area contributed by atoms with Crippen LogP contribution in [0.1, 0.15) is 361 Å². The summed E-state index contributed by atoms with van der Waals surface area (Å²) in [5, 5.41) is 54.3. The molecule has 11 heteroatoms. The molecule has 1 rings (SSSR count). The second kappa shape index (κ2) is 61.8. The molecule has 11 nitrogen and oxygen atoms in total. The van der Waals surface area contributed by atoms with Gasteiger partial charge < -0.3 is 45.1 Å². The molecule has 0 radical (unpaired) electrons. The number of aliphatic hydroxyl groups is 5. The molecule has 1 aliphatic rings. The Kier molecular flexibility index (Phi) is 58.9. The standard InChI is InChI=1S/C72H137NO10/c1-3-5-7-9-11-13-14-36-40-44-48-52-56-60-68(77)81-61-57-53-49-45-41-38-35-33-31-29-27-25-23-21-19-17-15-16-18-20-22-24-26-28-30-32-34-37-39-43-47-51-55-59-67(76)73-64(65(75)58-54-50-46-42-12-10-8-6-4-2)63-82-72-71(80)70(79)69(78)66(62-74)83-72/h13-14,54,58,64-66,69-72,74-75,78-80H,3-12,15-53,55-57,59-63H2,1-2H3,(H,73,76)/b14-13-,58-54+. The van der Waals surface area contributed by atoms with Crippen LogP contribution in [0.25, 0.3) is 0 Å². The molecule has 0 aliphatic carbocycles. The maximum absolute atomic E-state index is 13.0. The van der Waals surface area contributed by atoms with Crippen LogP contribution in [0.4, 0.5) is 0 Å². The average molecular weight is 1180 g/mol. The maximum Gasteiger partial charge on any atom is 0.305 e. The molecule has 0 saturated carbocycles. The molecular formula is C72H137NO10. The topological polar surface area (TPSA) is 175 Å². The van der Waals surface area contributed by atoms with Gasteiger partial charge in [-0.1, -0.05) is 314 Å². The molecule has 7 unspecified atom stereocenters. The summed E-state index contributed by atoms with van der Waals surface area (Å²) in [4.78, 5) is 25.1. The minimum atomic E-state index is -1.57. The van der Waals surface area contributed by atoms with E-state index in [1.807, 2.05) is 6.08 Å². The number of ether oxygens (including phenoxy) is 3. The first-order valence-electron chi connectivity index (χ1n) is 36.1. The lowest BCUT2D eigenvalue weighted by molar-refractivity contribution is -0.302. The van der Waals surface area contributed by atoms with Gasteiger partial charge in [0.25, 0.3) is 0 Å². The molecular weight excluding hydrogens is 1040 g/mol. The first-order valence-corrected chi connectivity index (χ1v) is 36.1. The second-order valence-electron chi connectivity index (χ2n) is 25.3. The summed E-state index contributed by atoms with van der Waals surface area (Å²) in [5.41, 5.74) is 0. The van der Waals surface area contributed by atoms with E-state index < -0.39 is 49.5 Å². The summed E-state index contributed by atoms with van der Waals surface area (Å²) in [6.07, 6.45) is 67.7. The number of nitrogens with one attached hydrogen (secondary N) is 1. The van der Waals surface area contributed by atoms with Crippen molar-refractivity contribution in [1.82, 2.24) is 5.32 Å². The number of aliphatic hydroxyl groups excluding tert-OH is 5. The minimum absolute atomic E-state index is 0.00556. The van der Waals surface area contributed by atoms with Gasteiger partial charge in [-0.2, -0.15) is 0 Å². The van der Waals surface area contributed by atoms with Crippen molar-refractivity contribution in [2.45, 2.75) is 403 Å². The second-order valence-corrected chi connectivity index (χ2v) is 25.3. The van der Waals surface area contributed by atoms with E-state index >= 15 is 0 Å². The van der Waals surface area contributed by atoms with Crippen molar-refractivity contribution in [3.63, 3.8) is 0 Å². The van der Waals surface area contributed by atoms with Gasteiger partial charge in [0.2, 0.25) is 5.91 Å². The molecule has 7 atom stereocenters. The van der Waals surface area contributed by atoms with Gasteiger partial charge in [-0.25, -0.2) is 0 Å². The molecule has 0 bridgehead atoms. The Morgan fingerprint density at radius 2 is 0.771 bits per heavy atom. The largest absolute Gasteiger partial charge is 0.466 e. The van der Waals surface area contributed by atoms with E-state index in [0.717, 1.165) is 57.8 Å². The Labute approximate surface area is 511 Å². The van der Waals surface area contributed by atoms with Gasteiger partial charge in [-0.05, 0) is 57.8 Å². The van der Waals surface area contributed by atoms with Gasteiger partial charge in [0.05, 0.1) is 32.0 Å². The highest BCUT2D eigenvalue weighted by Gasteiger charge is 2.44. The number of carbonyl (C=O) groups is 2. The number of esters is 1. The van der Waals surface area contributed by atoms with Crippen LogP contribution >= 0.6 is 0 Å². The van der Waals surface area contributed by atoms with Crippen LogP contribution in [-0.4, -0.2) is 100 Å². The van der Waals surface area contributed by atoms with E-state index in [9.17, 15) is 35.1 Å². The molecule has 1 fully saturated rings. The molecule has 1 heterocycles. The summed E-state index contributed by atoms with van der Waals surface area (Å²) < 4.78 is 16.7. The first kappa shape index (κ1) is 79.2. The highest BCUT2D eigenvalue weighted by Crippen LogP contribution is 2.23. The predicted molar refractivity (Wildman–Crippen MR) is 348 cm³/mol. The fourth-order valence-electron chi connectivity index (χ4n) is 11.6. The third-order valence-corrected chi connectivity index (χ3v) is 17.3. The van der Waals surface area contributed by atoms with E-state index in [0.29, 0.717) is 19.4 Å². The monoisotopic (exact) mass is 1180 g/mol. The molecule has 1 aliphatic heterocycles. The van der Waals surface area contributed by atoms with Gasteiger partial charge in [0, 0.05) is 12.8 Å². The van der Waals surface area contributed by atoms with E-state index in [1.165, 1.54) is 276 Å². The SMILES string of the molecule is CCCCCC/C=C\CCCCCCCC(=O)OCCCCCCCCCCCCCCCCCCCCCCCCCCCCCCCCCCCC(=O)NC(COC1OC(CO)C(O)C(O)C1O)C(O)/C=C/CCCCCCCCC. The summed E-state index contributed by atoms with van der Waals surface area (Å²) in [7, 11) is 0. The highest BCUT2D eigenvalue weighted by molar-refractivity contribution is 5.76. The molecule has 6 N–H and O–H groups in total. The van der Waals surface area contributed by atoms with Crippen LogP contribution in [0.15, 0.2) is 24.3 Å². The maximum atomic E-state index is 13.0. The van der Waals surface area contributed by atoms with Crippen molar-refractivity contribution in [3.8, 4) is 0 Å². The lowest BCUT2D eigenvalue weighted by Crippen LogP contribution is -2.60. The quantitative estimate of drug-likeness (QED) is 0.0195.